The van der Waals surface area contributed by atoms with Crippen LogP contribution in [0.25, 0.3) is 0 Å². The maximum Gasteiger partial charge on any atom is 0.115 e. The summed E-state index contributed by atoms with van der Waals surface area (Å²) in [5, 5.41) is 10.0. The van der Waals surface area contributed by atoms with Gasteiger partial charge in [-0.25, -0.2) is 0 Å². The van der Waals surface area contributed by atoms with Crippen molar-refractivity contribution in [3.8, 4) is 5.75 Å². The molecule has 1 aromatic rings. The monoisotopic (exact) mass is 370 g/mol. The van der Waals surface area contributed by atoms with E-state index in [1.165, 1.54) is 62.5 Å². The number of hydrogen-bond acceptors (Lipinski definition) is 2. The lowest BCUT2D eigenvalue weighted by Gasteiger charge is -2.63. The van der Waals surface area contributed by atoms with E-state index in [1.54, 1.807) is 0 Å². The first-order valence-electron chi connectivity index (χ1n) is 11.3. The minimum Gasteiger partial charge on any atom is -0.508 e. The minimum atomic E-state index is 0.0870. The van der Waals surface area contributed by atoms with Crippen molar-refractivity contribution in [3.63, 3.8) is 0 Å². The third-order valence-electron chi connectivity index (χ3n) is 8.69. The number of aromatic hydroxyl groups is 1. The van der Waals surface area contributed by atoms with Crippen molar-refractivity contribution in [3.05, 3.63) is 29.3 Å². The predicted octanol–water partition coefficient (Wildman–Crippen LogP) is 6.60. The Morgan fingerprint density at radius 2 is 2.07 bits per heavy atom. The van der Waals surface area contributed by atoms with Gasteiger partial charge in [0.1, 0.15) is 5.75 Å². The molecule has 27 heavy (non-hydrogen) atoms. The summed E-state index contributed by atoms with van der Waals surface area (Å²) < 4.78 is 6.53. The number of ether oxygens (including phenoxy) is 1. The van der Waals surface area contributed by atoms with Crippen LogP contribution < -0.4 is 0 Å². The molecule has 0 radical (unpaired) electrons. The molecule has 4 rings (SSSR count). The Morgan fingerprint density at radius 1 is 1.26 bits per heavy atom. The maximum atomic E-state index is 10.0. The maximum absolute atomic E-state index is 10.0. The van der Waals surface area contributed by atoms with Crippen molar-refractivity contribution in [1.29, 1.82) is 0 Å². The van der Waals surface area contributed by atoms with Crippen molar-refractivity contribution >= 4 is 0 Å². The molecule has 2 heteroatoms. The Balaban J connectivity index is 1.80. The molecule has 2 nitrogen and oxygen atoms in total. The second kappa shape index (κ2) is 6.79. The van der Waals surface area contributed by atoms with Crippen molar-refractivity contribution in [1.82, 2.24) is 0 Å². The van der Waals surface area contributed by atoms with E-state index in [4.69, 9.17) is 4.74 Å². The number of rotatable bonds is 4. The van der Waals surface area contributed by atoms with E-state index in [9.17, 15) is 5.11 Å². The fraction of sp³-hybridized carbons (Fsp3) is 0.760. The Bertz CT molecular complexity index is 688. The SMILES string of the molecule is CC[C@@]1(CCC(C)C)C[C@@]2(CCCO2)C[C@@H]2c3ccc(O)cc3CC[C@]21C. The Morgan fingerprint density at radius 3 is 2.74 bits per heavy atom. The molecular formula is C25H38O2. The lowest BCUT2D eigenvalue weighted by atomic mass is 9.42. The van der Waals surface area contributed by atoms with Gasteiger partial charge in [-0.1, -0.05) is 40.2 Å². The smallest absolute Gasteiger partial charge is 0.115 e. The van der Waals surface area contributed by atoms with E-state index in [0.717, 1.165) is 18.9 Å². The highest BCUT2D eigenvalue weighted by molar-refractivity contribution is 5.42. The molecule has 2 fully saturated rings. The van der Waals surface area contributed by atoms with Crippen molar-refractivity contribution in [2.45, 2.75) is 97.0 Å². The fourth-order valence-electron chi connectivity index (χ4n) is 6.99. The summed E-state index contributed by atoms with van der Waals surface area (Å²) in [6.07, 6.45) is 11.1. The zero-order chi connectivity index (χ0) is 19.3. The first-order valence-corrected chi connectivity index (χ1v) is 11.3. The van der Waals surface area contributed by atoms with Crippen LogP contribution in [0.1, 0.15) is 96.1 Å². The summed E-state index contributed by atoms with van der Waals surface area (Å²) in [7, 11) is 0. The second-order valence-corrected chi connectivity index (χ2v) is 10.4. The average Bonchev–Trinajstić information content (AvgIpc) is 3.08. The van der Waals surface area contributed by atoms with Gasteiger partial charge in [0.25, 0.3) is 0 Å². The van der Waals surface area contributed by atoms with Crippen LogP contribution in [0.15, 0.2) is 18.2 Å². The molecule has 3 aliphatic rings. The van der Waals surface area contributed by atoms with Crippen molar-refractivity contribution in [2.75, 3.05) is 6.61 Å². The molecule has 1 aromatic carbocycles. The van der Waals surface area contributed by atoms with E-state index in [1.807, 2.05) is 12.1 Å². The molecule has 1 saturated carbocycles. The molecule has 1 saturated heterocycles. The molecule has 0 amide bonds. The van der Waals surface area contributed by atoms with E-state index >= 15 is 0 Å². The summed E-state index contributed by atoms with van der Waals surface area (Å²) >= 11 is 0. The van der Waals surface area contributed by atoms with Crippen LogP contribution in [-0.4, -0.2) is 17.3 Å². The van der Waals surface area contributed by atoms with E-state index in [-0.39, 0.29) is 5.60 Å². The number of hydrogen-bond donors (Lipinski definition) is 1. The van der Waals surface area contributed by atoms with Gasteiger partial charge in [0, 0.05) is 6.61 Å². The molecule has 0 bridgehead atoms. The number of aryl methyl sites for hydroxylation is 1. The number of phenols is 1. The molecule has 1 aliphatic heterocycles. The van der Waals surface area contributed by atoms with Gasteiger partial charge in [0.2, 0.25) is 0 Å². The van der Waals surface area contributed by atoms with Gasteiger partial charge in [-0.15, -0.1) is 0 Å². The highest BCUT2D eigenvalue weighted by atomic mass is 16.5. The molecule has 1 heterocycles. The van der Waals surface area contributed by atoms with Gasteiger partial charge in [-0.3, -0.25) is 0 Å². The van der Waals surface area contributed by atoms with Crippen molar-refractivity contribution in [2.24, 2.45) is 16.7 Å². The third-order valence-corrected chi connectivity index (χ3v) is 8.69. The lowest BCUT2D eigenvalue weighted by Crippen LogP contribution is -2.56. The molecule has 2 aliphatic carbocycles. The molecular weight excluding hydrogens is 332 g/mol. The van der Waals surface area contributed by atoms with Gasteiger partial charge >= 0.3 is 0 Å². The average molecular weight is 371 g/mol. The first kappa shape index (κ1) is 19.3. The molecule has 1 spiro atoms. The Kier molecular flexibility index (Phi) is 4.86. The standard InChI is InChI=1S/C25H38O2/c1-5-24(13-9-18(2)3)17-25(11-6-14-27-25)16-22-21-8-7-20(26)15-19(21)10-12-23(22,24)4/h7-8,15,18,22,26H,5-6,9-14,16-17H2,1-4H3/t22-,23-,24-,25-/m1/s1. The van der Waals surface area contributed by atoms with Crippen LogP contribution in [-0.2, 0) is 11.2 Å². The minimum absolute atomic E-state index is 0.0870. The highest BCUT2D eigenvalue weighted by Crippen LogP contribution is 2.68. The van der Waals surface area contributed by atoms with Crippen LogP contribution >= 0.6 is 0 Å². The van der Waals surface area contributed by atoms with E-state index in [0.29, 0.717) is 22.5 Å². The number of fused-ring (bicyclic) bond motifs is 3. The van der Waals surface area contributed by atoms with Gasteiger partial charge in [0.05, 0.1) is 5.60 Å². The zero-order valence-electron chi connectivity index (χ0n) is 17.8. The fourth-order valence-corrected chi connectivity index (χ4v) is 6.99. The van der Waals surface area contributed by atoms with Gasteiger partial charge in [-0.05, 0) is 97.3 Å². The predicted molar refractivity (Wildman–Crippen MR) is 111 cm³/mol. The van der Waals surface area contributed by atoms with E-state index < -0.39 is 0 Å². The summed E-state index contributed by atoms with van der Waals surface area (Å²) in [6, 6.07) is 6.15. The summed E-state index contributed by atoms with van der Waals surface area (Å²) in [5.41, 5.74) is 3.65. The molecule has 1 N–H and O–H groups in total. The van der Waals surface area contributed by atoms with Gasteiger partial charge in [0.15, 0.2) is 0 Å². The first-order chi connectivity index (χ1) is 12.8. The molecule has 0 aromatic heterocycles. The second-order valence-electron chi connectivity index (χ2n) is 10.4. The Labute approximate surface area is 165 Å². The lowest BCUT2D eigenvalue weighted by molar-refractivity contribution is -0.150. The normalized spacial score (nSPS) is 38.2. The van der Waals surface area contributed by atoms with Crippen LogP contribution in [0, 0.1) is 16.7 Å². The number of phenolic OH excluding ortho intramolecular Hbond substituents is 1. The quantitative estimate of drug-likeness (QED) is 0.646. The topological polar surface area (TPSA) is 29.5 Å². The van der Waals surface area contributed by atoms with Gasteiger partial charge in [-0.2, -0.15) is 0 Å². The van der Waals surface area contributed by atoms with Crippen molar-refractivity contribution < 1.29 is 9.84 Å². The Hall–Kier alpha value is -1.02. The van der Waals surface area contributed by atoms with Crippen LogP contribution in [0.3, 0.4) is 0 Å². The highest BCUT2D eigenvalue weighted by Gasteiger charge is 2.61. The largest absolute Gasteiger partial charge is 0.508 e. The zero-order valence-corrected chi connectivity index (χ0v) is 17.8. The van der Waals surface area contributed by atoms with Crippen LogP contribution in [0.5, 0.6) is 5.75 Å². The van der Waals surface area contributed by atoms with E-state index in [2.05, 4.69) is 33.8 Å². The summed E-state index contributed by atoms with van der Waals surface area (Å²) in [6.45, 7) is 10.7. The summed E-state index contributed by atoms with van der Waals surface area (Å²) in [5.74, 6) is 1.73. The molecule has 0 unspecified atom stereocenters. The number of benzene rings is 1. The molecule has 150 valence electrons. The third kappa shape index (κ3) is 3.03. The summed E-state index contributed by atoms with van der Waals surface area (Å²) in [4.78, 5) is 0. The van der Waals surface area contributed by atoms with Crippen LogP contribution in [0.2, 0.25) is 0 Å². The van der Waals surface area contributed by atoms with Crippen LogP contribution in [0.4, 0.5) is 0 Å². The van der Waals surface area contributed by atoms with Gasteiger partial charge < -0.3 is 9.84 Å². The molecule has 4 atom stereocenters.